The molecular weight excluding hydrogens is 292 g/mol. The van der Waals surface area contributed by atoms with Gasteiger partial charge in [-0.15, -0.1) is 0 Å². The summed E-state index contributed by atoms with van der Waals surface area (Å²) in [6.45, 7) is 0. The van der Waals surface area contributed by atoms with Crippen LogP contribution in [0, 0.1) is 0 Å². The molecule has 0 aliphatic rings. The Balaban J connectivity index is 2.78. The van der Waals surface area contributed by atoms with Crippen LogP contribution in [-0.4, -0.2) is 32.4 Å². The summed E-state index contributed by atoms with van der Waals surface area (Å²) < 4.78 is 20.5. The Hall–Kier alpha value is -2.96. The Morgan fingerprint density at radius 1 is 0.955 bits per heavy atom. The zero-order chi connectivity index (χ0) is 16.3. The van der Waals surface area contributed by atoms with Crippen LogP contribution < -0.4 is 19.8 Å². The zero-order valence-electron chi connectivity index (χ0n) is 12.2. The predicted octanol–water partition coefficient (Wildman–Crippen LogP) is 2.03. The normalized spacial score (nSPS) is 10.1. The van der Waals surface area contributed by atoms with Crippen molar-refractivity contribution in [2.45, 2.75) is 0 Å². The van der Waals surface area contributed by atoms with Crippen molar-refractivity contribution in [3.05, 3.63) is 40.4 Å². The van der Waals surface area contributed by atoms with Crippen LogP contribution in [0.25, 0.3) is 11.1 Å². The van der Waals surface area contributed by atoms with E-state index >= 15 is 0 Å². The van der Waals surface area contributed by atoms with Crippen molar-refractivity contribution < 1.29 is 28.5 Å². The number of aromatic carboxylic acids is 1. The van der Waals surface area contributed by atoms with E-state index in [0.717, 1.165) is 6.07 Å². The highest BCUT2D eigenvalue weighted by Gasteiger charge is 2.22. The molecule has 0 aliphatic heterocycles. The summed E-state index contributed by atoms with van der Waals surface area (Å²) in [6, 6.07) is 5.70. The van der Waals surface area contributed by atoms with Gasteiger partial charge in [-0.3, -0.25) is 0 Å². The molecule has 2 aromatic rings. The zero-order valence-corrected chi connectivity index (χ0v) is 12.2. The van der Waals surface area contributed by atoms with Gasteiger partial charge in [0.1, 0.15) is 0 Å². The van der Waals surface area contributed by atoms with Crippen molar-refractivity contribution in [2.24, 2.45) is 0 Å². The maximum Gasteiger partial charge on any atom is 0.372 e. The van der Waals surface area contributed by atoms with E-state index in [0.29, 0.717) is 17.1 Å². The summed E-state index contributed by atoms with van der Waals surface area (Å²) in [6.07, 6.45) is 0. The lowest BCUT2D eigenvalue weighted by atomic mass is 10.0. The standard InChI is InChI=1S/C15H14O7/c1-19-10-6-4-8(12(20-2)14(10)21-3)9-5-7-11(16)22-13(9)15(17)18/h4-7H,1-3H3,(H,17,18). The van der Waals surface area contributed by atoms with Gasteiger partial charge in [0, 0.05) is 17.2 Å². The maximum atomic E-state index is 11.3. The topological polar surface area (TPSA) is 95.2 Å². The van der Waals surface area contributed by atoms with Crippen LogP contribution >= 0.6 is 0 Å². The fourth-order valence-corrected chi connectivity index (χ4v) is 2.10. The summed E-state index contributed by atoms with van der Waals surface area (Å²) in [7, 11) is 4.33. The summed E-state index contributed by atoms with van der Waals surface area (Å²) in [4.78, 5) is 22.5. The molecule has 22 heavy (non-hydrogen) atoms. The molecule has 1 N–H and O–H groups in total. The summed E-state index contributed by atoms with van der Waals surface area (Å²) >= 11 is 0. The molecule has 0 saturated carbocycles. The molecule has 0 amide bonds. The van der Waals surface area contributed by atoms with Crippen molar-refractivity contribution >= 4 is 5.97 Å². The molecule has 0 aliphatic carbocycles. The average Bonchev–Trinajstić information content (AvgIpc) is 2.53. The third kappa shape index (κ3) is 2.60. The number of benzene rings is 1. The van der Waals surface area contributed by atoms with E-state index in [1.54, 1.807) is 12.1 Å². The van der Waals surface area contributed by atoms with Gasteiger partial charge < -0.3 is 23.7 Å². The van der Waals surface area contributed by atoms with Gasteiger partial charge in [-0.2, -0.15) is 0 Å². The molecule has 0 fully saturated rings. The van der Waals surface area contributed by atoms with Gasteiger partial charge in [0.05, 0.1) is 21.3 Å². The number of methoxy groups -OCH3 is 3. The van der Waals surface area contributed by atoms with E-state index in [-0.39, 0.29) is 11.3 Å². The van der Waals surface area contributed by atoms with E-state index < -0.39 is 17.4 Å². The highest BCUT2D eigenvalue weighted by Crippen LogP contribution is 2.44. The monoisotopic (exact) mass is 306 g/mol. The number of carboxylic acids is 1. The van der Waals surface area contributed by atoms with Crippen LogP contribution in [-0.2, 0) is 0 Å². The van der Waals surface area contributed by atoms with E-state index in [4.69, 9.17) is 18.6 Å². The summed E-state index contributed by atoms with van der Waals surface area (Å²) in [5.74, 6) is -0.817. The second-order valence-corrected chi connectivity index (χ2v) is 4.18. The number of rotatable bonds is 5. The number of hydrogen-bond acceptors (Lipinski definition) is 6. The number of ether oxygens (including phenoxy) is 3. The minimum atomic E-state index is -1.36. The average molecular weight is 306 g/mol. The van der Waals surface area contributed by atoms with Crippen molar-refractivity contribution in [3.63, 3.8) is 0 Å². The molecule has 116 valence electrons. The molecular formula is C15H14O7. The largest absolute Gasteiger partial charge is 0.493 e. The Kier molecular flexibility index (Phi) is 4.36. The van der Waals surface area contributed by atoms with Crippen LogP contribution in [0.2, 0.25) is 0 Å². The first-order valence-corrected chi connectivity index (χ1v) is 6.20. The fraction of sp³-hybridized carbons (Fsp3) is 0.200. The van der Waals surface area contributed by atoms with Gasteiger partial charge in [0.2, 0.25) is 11.5 Å². The molecule has 0 saturated heterocycles. The molecule has 0 unspecified atom stereocenters. The third-order valence-corrected chi connectivity index (χ3v) is 3.02. The molecule has 1 aromatic carbocycles. The van der Waals surface area contributed by atoms with E-state index in [9.17, 15) is 14.7 Å². The first kappa shape index (κ1) is 15.4. The first-order valence-electron chi connectivity index (χ1n) is 6.20. The van der Waals surface area contributed by atoms with Gasteiger partial charge in [-0.05, 0) is 18.2 Å². The Morgan fingerprint density at radius 2 is 1.59 bits per heavy atom. The minimum Gasteiger partial charge on any atom is -0.493 e. The molecule has 7 nitrogen and oxygen atoms in total. The lowest BCUT2D eigenvalue weighted by Gasteiger charge is -2.16. The van der Waals surface area contributed by atoms with Crippen molar-refractivity contribution in [2.75, 3.05) is 21.3 Å². The van der Waals surface area contributed by atoms with Gasteiger partial charge in [-0.1, -0.05) is 0 Å². The summed E-state index contributed by atoms with van der Waals surface area (Å²) in [5.41, 5.74) is -0.146. The fourth-order valence-electron chi connectivity index (χ4n) is 2.10. The predicted molar refractivity (Wildman–Crippen MR) is 77.0 cm³/mol. The number of carbonyl (C=O) groups is 1. The molecule has 0 spiro atoms. The van der Waals surface area contributed by atoms with Crippen LogP contribution in [0.15, 0.2) is 33.5 Å². The van der Waals surface area contributed by atoms with Gasteiger partial charge in [0.15, 0.2) is 11.5 Å². The minimum absolute atomic E-state index is 0.199. The van der Waals surface area contributed by atoms with Crippen LogP contribution in [0.1, 0.15) is 10.6 Å². The van der Waals surface area contributed by atoms with Gasteiger partial charge >= 0.3 is 11.6 Å². The van der Waals surface area contributed by atoms with Crippen LogP contribution in [0.5, 0.6) is 17.2 Å². The van der Waals surface area contributed by atoms with E-state index in [1.807, 2.05) is 0 Å². The molecule has 0 radical (unpaired) electrons. The summed E-state index contributed by atoms with van der Waals surface area (Å²) in [5, 5.41) is 9.21. The van der Waals surface area contributed by atoms with Crippen LogP contribution in [0.3, 0.4) is 0 Å². The highest BCUT2D eigenvalue weighted by molar-refractivity contribution is 5.94. The van der Waals surface area contributed by atoms with E-state index in [1.165, 1.54) is 27.4 Å². The Bertz CT molecular complexity index is 761. The third-order valence-electron chi connectivity index (χ3n) is 3.02. The quantitative estimate of drug-likeness (QED) is 0.903. The van der Waals surface area contributed by atoms with Crippen LogP contribution in [0.4, 0.5) is 0 Å². The second kappa shape index (κ2) is 6.21. The van der Waals surface area contributed by atoms with Gasteiger partial charge in [0.25, 0.3) is 0 Å². The lowest BCUT2D eigenvalue weighted by molar-refractivity contribution is 0.0658. The van der Waals surface area contributed by atoms with Crippen molar-refractivity contribution in [1.82, 2.24) is 0 Å². The van der Waals surface area contributed by atoms with Crippen molar-refractivity contribution in [1.29, 1.82) is 0 Å². The number of carboxylic acid groups (broad SMARTS) is 1. The molecule has 0 bridgehead atoms. The Labute approximate surface area is 125 Å². The Morgan fingerprint density at radius 3 is 2.14 bits per heavy atom. The highest BCUT2D eigenvalue weighted by atomic mass is 16.5. The molecule has 1 aromatic heterocycles. The second-order valence-electron chi connectivity index (χ2n) is 4.18. The molecule has 0 atom stereocenters. The van der Waals surface area contributed by atoms with Gasteiger partial charge in [-0.25, -0.2) is 9.59 Å². The molecule has 1 heterocycles. The lowest BCUT2D eigenvalue weighted by Crippen LogP contribution is -2.07. The molecule has 7 heteroatoms. The maximum absolute atomic E-state index is 11.3. The number of hydrogen-bond donors (Lipinski definition) is 1. The van der Waals surface area contributed by atoms with Crippen molar-refractivity contribution in [3.8, 4) is 28.4 Å². The first-order chi connectivity index (χ1) is 10.5. The smallest absolute Gasteiger partial charge is 0.372 e. The molecule has 2 rings (SSSR count). The van der Waals surface area contributed by atoms with E-state index in [2.05, 4.69) is 0 Å². The SMILES string of the molecule is COc1ccc(-c2ccc(=O)oc2C(=O)O)c(OC)c1OC.